The Bertz CT molecular complexity index is 771. The van der Waals surface area contributed by atoms with Crippen LogP contribution in [0.15, 0.2) is 60.0 Å². The highest BCUT2D eigenvalue weighted by molar-refractivity contribution is 7.14. The van der Waals surface area contributed by atoms with E-state index in [1.165, 1.54) is 17.4 Å². The van der Waals surface area contributed by atoms with E-state index in [2.05, 4.69) is 10.3 Å². The molecule has 1 amide bonds. The lowest BCUT2D eigenvalue weighted by Crippen LogP contribution is -2.11. The summed E-state index contributed by atoms with van der Waals surface area (Å²) in [7, 11) is 0. The van der Waals surface area contributed by atoms with Crippen LogP contribution in [0.3, 0.4) is 0 Å². The summed E-state index contributed by atoms with van der Waals surface area (Å²) in [5, 5.41) is 4.88. The number of hydrogen-bond donors (Lipinski definition) is 1. The molecule has 0 unspecified atom stereocenters. The predicted octanol–water partition coefficient (Wildman–Crippen LogP) is 4.20. The largest absolute Gasteiger partial charge is 0.298 e. The fraction of sp³-hybridized carbons (Fsp3) is 0. The van der Waals surface area contributed by atoms with Crippen LogP contribution >= 0.6 is 11.3 Å². The van der Waals surface area contributed by atoms with Gasteiger partial charge in [-0.3, -0.25) is 10.1 Å². The first-order valence-corrected chi connectivity index (χ1v) is 7.19. The van der Waals surface area contributed by atoms with Crippen LogP contribution in [0.2, 0.25) is 0 Å². The van der Waals surface area contributed by atoms with Gasteiger partial charge in [-0.2, -0.15) is 0 Å². The molecular formula is C16H11FN2OS. The molecule has 0 saturated heterocycles. The molecule has 0 spiro atoms. The summed E-state index contributed by atoms with van der Waals surface area (Å²) in [6.45, 7) is 0. The predicted molar refractivity (Wildman–Crippen MR) is 81.9 cm³/mol. The van der Waals surface area contributed by atoms with Crippen LogP contribution in [-0.2, 0) is 0 Å². The number of aromatic nitrogens is 1. The lowest BCUT2D eigenvalue weighted by Gasteiger charge is -2.01. The number of benzene rings is 2. The number of thiazole rings is 1. The van der Waals surface area contributed by atoms with Crippen molar-refractivity contribution in [3.63, 3.8) is 0 Å². The number of amides is 1. The van der Waals surface area contributed by atoms with Gasteiger partial charge in [0.2, 0.25) is 0 Å². The monoisotopic (exact) mass is 298 g/mol. The molecule has 0 aliphatic heterocycles. The Morgan fingerprint density at radius 3 is 2.52 bits per heavy atom. The van der Waals surface area contributed by atoms with Gasteiger partial charge < -0.3 is 0 Å². The molecule has 0 fully saturated rings. The zero-order valence-electron chi connectivity index (χ0n) is 10.9. The Balaban J connectivity index is 1.80. The van der Waals surface area contributed by atoms with E-state index in [1.54, 1.807) is 47.8 Å². The number of rotatable bonds is 3. The zero-order valence-corrected chi connectivity index (χ0v) is 11.7. The van der Waals surface area contributed by atoms with Gasteiger partial charge in [0.1, 0.15) is 5.82 Å². The summed E-state index contributed by atoms with van der Waals surface area (Å²) < 4.78 is 13.7. The van der Waals surface area contributed by atoms with Crippen molar-refractivity contribution in [3.8, 4) is 11.3 Å². The highest BCUT2D eigenvalue weighted by atomic mass is 32.1. The quantitative estimate of drug-likeness (QED) is 0.787. The molecule has 0 aliphatic carbocycles. The number of nitrogens with one attached hydrogen (secondary N) is 1. The van der Waals surface area contributed by atoms with E-state index < -0.39 is 0 Å². The second-order valence-corrected chi connectivity index (χ2v) is 5.20. The van der Waals surface area contributed by atoms with E-state index in [9.17, 15) is 9.18 Å². The average molecular weight is 298 g/mol. The number of carbonyl (C=O) groups excluding carboxylic acids is 1. The van der Waals surface area contributed by atoms with Crippen molar-refractivity contribution in [2.24, 2.45) is 0 Å². The van der Waals surface area contributed by atoms with Gasteiger partial charge >= 0.3 is 0 Å². The number of hydrogen-bond acceptors (Lipinski definition) is 3. The minimum absolute atomic E-state index is 0.231. The van der Waals surface area contributed by atoms with Crippen molar-refractivity contribution in [1.82, 2.24) is 4.98 Å². The molecule has 0 bridgehead atoms. The van der Waals surface area contributed by atoms with Gasteiger partial charge in [0, 0.05) is 16.5 Å². The van der Waals surface area contributed by atoms with Gasteiger partial charge in [0.05, 0.1) is 5.69 Å². The standard InChI is InChI=1S/C16H11FN2OS/c17-13-9-5-4-8-12(13)14-10-21-16(18-14)19-15(20)11-6-2-1-3-7-11/h1-10H,(H,18,19,20). The van der Waals surface area contributed by atoms with Gasteiger partial charge in [-0.15, -0.1) is 11.3 Å². The topological polar surface area (TPSA) is 42.0 Å². The second-order valence-electron chi connectivity index (χ2n) is 4.34. The van der Waals surface area contributed by atoms with Crippen LogP contribution in [0.1, 0.15) is 10.4 Å². The molecule has 1 aromatic heterocycles. The van der Waals surface area contributed by atoms with Gasteiger partial charge in [-0.05, 0) is 24.3 Å². The highest BCUT2D eigenvalue weighted by Crippen LogP contribution is 2.27. The molecule has 1 heterocycles. The van der Waals surface area contributed by atoms with E-state index in [4.69, 9.17) is 0 Å². The Morgan fingerprint density at radius 2 is 1.76 bits per heavy atom. The second kappa shape index (κ2) is 5.85. The van der Waals surface area contributed by atoms with Gasteiger partial charge in [-0.25, -0.2) is 9.37 Å². The molecule has 3 rings (SSSR count). The first kappa shape index (κ1) is 13.5. The van der Waals surface area contributed by atoms with Gasteiger partial charge in [0.15, 0.2) is 5.13 Å². The van der Waals surface area contributed by atoms with E-state index in [0.717, 1.165) is 0 Å². The van der Waals surface area contributed by atoms with Crippen LogP contribution in [-0.4, -0.2) is 10.9 Å². The lowest BCUT2D eigenvalue weighted by atomic mass is 10.2. The Kier molecular flexibility index (Phi) is 3.75. The Labute approximate surface area is 125 Å². The summed E-state index contributed by atoms with van der Waals surface area (Å²) in [5.41, 5.74) is 1.50. The molecule has 104 valence electrons. The number of carbonyl (C=O) groups is 1. The van der Waals surface area contributed by atoms with Crippen molar-refractivity contribution in [3.05, 3.63) is 71.4 Å². The van der Waals surface area contributed by atoms with E-state index in [1.807, 2.05) is 6.07 Å². The van der Waals surface area contributed by atoms with Crippen molar-refractivity contribution in [2.75, 3.05) is 5.32 Å². The average Bonchev–Trinajstić information content (AvgIpc) is 2.97. The summed E-state index contributed by atoms with van der Waals surface area (Å²) in [6, 6.07) is 15.3. The van der Waals surface area contributed by atoms with Crippen molar-refractivity contribution >= 4 is 22.4 Å². The molecule has 3 aromatic rings. The number of anilines is 1. The first-order valence-electron chi connectivity index (χ1n) is 6.31. The zero-order chi connectivity index (χ0) is 14.7. The van der Waals surface area contributed by atoms with Gasteiger partial charge in [-0.1, -0.05) is 30.3 Å². The van der Waals surface area contributed by atoms with E-state index in [0.29, 0.717) is 22.0 Å². The minimum Gasteiger partial charge on any atom is -0.298 e. The van der Waals surface area contributed by atoms with Crippen LogP contribution < -0.4 is 5.32 Å². The van der Waals surface area contributed by atoms with Gasteiger partial charge in [0.25, 0.3) is 5.91 Å². The third-order valence-electron chi connectivity index (χ3n) is 2.91. The summed E-state index contributed by atoms with van der Waals surface area (Å²) in [5.74, 6) is -0.561. The van der Waals surface area contributed by atoms with Crippen LogP contribution in [0.5, 0.6) is 0 Å². The minimum atomic E-state index is -0.330. The highest BCUT2D eigenvalue weighted by Gasteiger charge is 2.11. The third-order valence-corrected chi connectivity index (χ3v) is 3.67. The van der Waals surface area contributed by atoms with Crippen LogP contribution in [0.25, 0.3) is 11.3 Å². The SMILES string of the molecule is O=C(Nc1nc(-c2ccccc2F)cs1)c1ccccc1. The maximum atomic E-state index is 13.7. The fourth-order valence-electron chi connectivity index (χ4n) is 1.88. The molecule has 0 radical (unpaired) electrons. The molecule has 1 N–H and O–H groups in total. The molecule has 21 heavy (non-hydrogen) atoms. The fourth-order valence-corrected chi connectivity index (χ4v) is 2.59. The Morgan fingerprint density at radius 1 is 1.05 bits per heavy atom. The van der Waals surface area contributed by atoms with Crippen molar-refractivity contribution in [1.29, 1.82) is 0 Å². The molecule has 0 saturated carbocycles. The molecule has 3 nitrogen and oxygen atoms in total. The number of nitrogens with zero attached hydrogens (tertiary/aromatic N) is 1. The number of halogens is 1. The van der Waals surface area contributed by atoms with Crippen molar-refractivity contribution in [2.45, 2.75) is 0 Å². The maximum Gasteiger partial charge on any atom is 0.257 e. The first-order chi connectivity index (χ1) is 10.2. The molecule has 0 atom stereocenters. The van der Waals surface area contributed by atoms with Crippen LogP contribution in [0, 0.1) is 5.82 Å². The third kappa shape index (κ3) is 2.98. The smallest absolute Gasteiger partial charge is 0.257 e. The van der Waals surface area contributed by atoms with E-state index >= 15 is 0 Å². The van der Waals surface area contributed by atoms with Crippen LogP contribution in [0.4, 0.5) is 9.52 Å². The molecular weight excluding hydrogens is 287 g/mol. The summed E-state index contributed by atoms with van der Waals surface area (Å²) in [4.78, 5) is 16.3. The summed E-state index contributed by atoms with van der Waals surface area (Å²) >= 11 is 1.27. The molecule has 2 aromatic carbocycles. The van der Waals surface area contributed by atoms with E-state index in [-0.39, 0.29) is 11.7 Å². The normalized spacial score (nSPS) is 10.3. The maximum absolute atomic E-state index is 13.7. The lowest BCUT2D eigenvalue weighted by molar-refractivity contribution is 0.102. The Hall–Kier alpha value is -2.53. The summed E-state index contributed by atoms with van der Waals surface area (Å²) in [6.07, 6.45) is 0. The molecule has 0 aliphatic rings. The molecule has 5 heteroatoms. The van der Waals surface area contributed by atoms with Crippen molar-refractivity contribution < 1.29 is 9.18 Å².